The molecule has 2 saturated carbocycles. The highest BCUT2D eigenvalue weighted by Gasteiger charge is 2.59. The number of carboxylic acid groups (broad SMARTS) is 1. The summed E-state index contributed by atoms with van der Waals surface area (Å²) >= 11 is 3.54. The summed E-state index contributed by atoms with van der Waals surface area (Å²) in [4.78, 5) is 11.5. The maximum atomic E-state index is 11.5. The van der Waals surface area contributed by atoms with Gasteiger partial charge in [0.2, 0.25) is 0 Å². The number of benzene rings is 1. The van der Waals surface area contributed by atoms with Gasteiger partial charge in [-0.2, -0.15) is 0 Å². The SMILES string of the molecule is COC1(CC(=O)O)OCC2C(c3ccc(Br)cc3)C3CCCCC3CC21. The van der Waals surface area contributed by atoms with E-state index in [1.165, 1.54) is 31.2 Å². The number of halogens is 1. The fraction of sp³-hybridized carbons (Fsp3) is 0.667. The minimum atomic E-state index is -0.966. The maximum Gasteiger partial charge on any atom is 0.308 e. The number of aliphatic carboxylic acids is 1. The average Bonchev–Trinajstić information content (AvgIpc) is 2.98. The molecule has 0 radical (unpaired) electrons. The lowest BCUT2D eigenvalue weighted by molar-refractivity contribution is -0.228. The highest BCUT2D eigenvalue weighted by atomic mass is 79.9. The molecular weight excluding hydrogens is 396 g/mol. The number of rotatable bonds is 4. The van der Waals surface area contributed by atoms with Gasteiger partial charge in [-0.15, -0.1) is 0 Å². The molecule has 1 saturated heterocycles. The number of carbonyl (C=O) groups is 1. The molecule has 26 heavy (non-hydrogen) atoms. The smallest absolute Gasteiger partial charge is 0.308 e. The Labute approximate surface area is 163 Å². The van der Waals surface area contributed by atoms with E-state index in [-0.39, 0.29) is 12.3 Å². The second-order valence-corrected chi connectivity index (χ2v) is 9.10. The van der Waals surface area contributed by atoms with Crippen molar-refractivity contribution >= 4 is 21.9 Å². The van der Waals surface area contributed by atoms with Gasteiger partial charge in [0, 0.05) is 17.5 Å². The number of ether oxygens (including phenoxy) is 2. The van der Waals surface area contributed by atoms with Crippen LogP contribution in [0.2, 0.25) is 0 Å². The second kappa shape index (κ2) is 7.25. The van der Waals surface area contributed by atoms with E-state index in [2.05, 4.69) is 40.2 Å². The summed E-state index contributed by atoms with van der Waals surface area (Å²) in [6.45, 7) is 0.593. The molecule has 1 aromatic carbocycles. The fourth-order valence-corrected chi connectivity index (χ4v) is 6.26. The molecule has 0 amide bonds. The zero-order valence-electron chi connectivity index (χ0n) is 15.2. The van der Waals surface area contributed by atoms with Crippen LogP contribution in [-0.4, -0.2) is 30.6 Å². The quantitative estimate of drug-likeness (QED) is 0.754. The first-order valence-corrected chi connectivity index (χ1v) is 10.5. The summed E-state index contributed by atoms with van der Waals surface area (Å²) in [6.07, 6.45) is 6.06. The van der Waals surface area contributed by atoms with Gasteiger partial charge in [0.05, 0.1) is 13.0 Å². The molecule has 0 spiro atoms. The summed E-state index contributed by atoms with van der Waals surface area (Å²) in [5.41, 5.74) is 1.37. The van der Waals surface area contributed by atoms with Gasteiger partial charge in [-0.3, -0.25) is 4.79 Å². The maximum absolute atomic E-state index is 11.5. The number of fused-ring (bicyclic) bond motifs is 2. The summed E-state index contributed by atoms with van der Waals surface area (Å²) in [5.74, 6) is 0.408. The average molecular weight is 423 g/mol. The van der Waals surface area contributed by atoms with Crippen LogP contribution in [0.3, 0.4) is 0 Å². The van der Waals surface area contributed by atoms with Crippen molar-refractivity contribution in [3.63, 3.8) is 0 Å². The van der Waals surface area contributed by atoms with Crippen LogP contribution in [-0.2, 0) is 14.3 Å². The molecule has 0 bridgehead atoms. The standard InChI is InChI=1S/C21H27BrO4/c1-25-21(11-19(23)24)18-10-14-4-2-3-5-16(14)20(17(18)12-26-21)13-6-8-15(22)9-7-13/h6-9,14,16-18,20H,2-5,10-12H2,1H3,(H,23,24). The normalized spacial score (nSPS) is 39.2. The van der Waals surface area contributed by atoms with Crippen LogP contribution >= 0.6 is 15.9 Å². The molecule has 6 atom stereocenters. The predicted molar refractivity (Wildman–Crippen MR) is 102 cm³/mol. The van der Waals surface area contributed by atoms with Crippen molar-refractivity contribution in [3.8, 4) is 0 Å². The Balaban J connectivity index is 1.72. The van der Waals surface area contributed by atoms with E-state index < -0.39 is 11.8 Å². The molecule has 1 aliphatic heterocycles. The van der Waals surface area contributed by atoms with E-state index in [9.17, 15) is 9.90 Å². The van der Waals surface area contributed by atoms with Crippen molar-refractivity contribution in [2.24, 2.45) is 23.7 Å². The van der Waals surface area contributed by atoms with Gasteiger partial charge < -0.3 is 14.6 Å². The molecule has 1 aromatic rings. The lowest BCUT2D eigenvalue weighted by Gasteiger charge is -2.49. The van der Waals surface area contributed by atoms with Crippen molar-refractivity contribution < 1.29 is 19.4 Å². The van der Waals surface area contributed by atoms with Crippen molar-refractivity contribution in [3.05, 3.63) is 34.3 Å². The van der Waals surface area contributed by atoms with Crippen LogP contribution in [0.4, 0.5) is 0 Å². The van der Waals surface area contributed by atoms with Crippen molar-refractivity contribution in [2.75, 3.05) is 13.7 Å². The van der Waals surface area contributed by atoms with E-state index in [4.69, 9.17) is 9.47 Å². The molecule has 6 unspecified atom stereocenters. The van der Waals surface area contributed by atoms with E-state index >= 15 is 0 Å². The lowest BCUT2D eigenvalue weighted by Crippen LogP contribution is -2.48. The minimum Gasteiger partial charge on any atom is -0.481 e. The van der Waals surface area contributed by atoms with Crippen molar-refractivity contribution in [2.45, 2.75) is 50.2 Å². The molecular formula is C21H27BrO4. The van der Waals surface area contributed by atoms with E-state index in [1.807, 2.05) is 0 Å². The molecule has 5 heteroatoms. The third-order valence-electron chi connectivity index (χ3n) is 7.05. The Morgan fingerprint density at radius 3 is 2.69 bits per heavy atom. The van der Waals surface area contributed by atoms with Crippen LogP contribution in [0.5, 0.6) is 0 Å². The Hall–Kier alpha value is -0.910. The lowest BCUT2D eigenvalue weighted by atomic mass is 9.55. The Kier molecular flexibility index (Phi) is 5.15. The van der Waals surface area contributed by atoms with Crippen molar-refractivity contribution in [1.82, 2.24) is 0 Å². The van der Waals surface area contributed by atoms with Gasteiger partial charge in [-0.05, 0) is 54.2 Å². The van der Waals surface area contributed by atoms with Gasteiger partial charge in [-0.25, -0.2) is 0 Å². The first-order chi connectivity index (χ1) is 12.5. The van der Waals surface area contributed by atoms with Gasteiger partial charge in [0.25, 0.3) is 0 Å². The Bertz CT molecular complexity index is 660. The third-order valence-corrected chi connectivity index (χ3v) is 7.58. The van der Waals surface area contributed by atoms with Gasteiger partial charge >= 0.3 is 5.97 Å². The number of hydrogen-bond acceptors (Lipinski definition) is 3. The largest absolute Gasteiger partial charge is 0.481 e. The molecule has 1 N–H and O–H groups in total. The molecule has 2 aliphatic carbocycles. The molecule has 3 aliphatic rings. The topological polar surface area (TPSA) is 55.8 Å². The first kappa shape index (κ1) is 18.5. The molecule has 0 aromatic heterocycles. The van der Waals surface area contributed by atoms with Crippen molar-refractivity contribution in [1.29, 1.82) is 0 Å². The molecule has 4 nitrogen and oxygen atoms in total. The Morgan fingerprint density at radius 1 is 1.27 bits per heavy atom. The summed E-state index contributed by atoms with van der Waals surface area (Å²) < 4.78 is 13.0. The van der Waals surface area contributed by atoms with Gasteiger partial charge in [0.15, 0.2) is 5.79 Å². The predicted octanol–water partition coefficient (Wildman–Crippen LogP) is 4.82. The van der Waals surface area contributed by atoms with Crippen LogP contribution < -0.4 is 0 Å². The van der Waals surface area contributed by atoms with E-state index in [0.29, 0.717) is 30.3 Å². The van der Waals surface area contributed by atoms with E-state index in [0.717, 1.165) is 10.9 Å². The number of carboxylic acids is 1. The first-order valence-electron chi connectivity index (χ1n) is 9.70. The zero-order chi connectivity index (χ0) is 18.3. The monoisotopic (exact) mass is 422 g/mol. The van der Waals surface area contributed by atoms with Crippen LogP contribution in [0.15, 0.2) is 28.7 Å². The highest BCUT2D eigenvalue weighted by molar-refractivity contribution is 9.10. The third kappa shape index (κ3) is 3.12. The molecule has 142 valence electrons. The summed E-state index contributed by atoms with van der Waals surface area (Å²) in [6, 6.07) is 8.69. The van der Waals surface area contributed by atoms with E-state index in [1.54, 1.807) is 7.11 Å². The second-order valence-electron chi connectivity index (χ2n) is 8.19. The van der Waals surface area contributed by atoms with Crippen LogP contribution in [0.1, 0.15) is 50.0 Å². The fourth-order valence-electron chi connectivity index (χ4n) is 6.00. The van der Waals surface area contributed by atoms with Gasteiger partial charge in [0.1, 0.15) is 0 Å². The van der Waals surface area contributed by atoms with Crippen LogP contribution in [0, 0.1) is 23.7 Å². The molecule has 4 rings (SSSR count). The number of methoxy groups -OCH3 is 1. The van der Waals surface area contributed by atoms with Gasteiger partial charge in [-0.1, -0.05) is 47.3 Å². The molecule has 3 fully saturated rings. The number of hydrogen-bond donors (Lipinski definition) is 1. The zero-order valence-corrected chi connectivity index (χ0v) is 16.8. The minimum absolute atomic E-state index is 0.0743. The van der Waals surface area contributed by atoms with Crippen LogP contribution in [0.25, 0.3) is 0 Å². The highest BCUT2D eigenvalue weighted by Crippen LogP contribution is 2.59. The summed E-state index contributed by atoms with van der Waals surface area (Å²) in [5, 5.41) is 9.44. The molecule has 1 heterocycles. The summed E-state index contributed by atoms with van der Waals surface area (Å²) in [7, 11) is 1.60. The Morgan fingerprint density at radius 2 is 2.00 bits per heavy atom.